The molecule has 42 heavy (non-hydrogen) atoms. The third-order valence-electron chi connectivity index (χ3n) is 4.78. The van der Waals surface area contributed by atoms with Gasteiger partial charge in [0.15, 0.2) is 5.78 Å². The molecule has 220 valence electrons. The number of hydrogen-bond acceptors (Lipinski definition) is 13. The molecule has 2 aromatic rings. The average molecular weight is 586 g/mol. The van der Waals surface area contributed by atoms with Crippen molar-refractivity contribution in [3.63, 3.8) is 0 Å². The lowest BCUT2D eigenvalue weighted by molar-refractivity contribution is -0.139. The molecule has 0 radical (unpaired) electrons. The second-order valence-electron chi connectivity index (χ2n) is 7.50. The van der Waals surface area contributed by atoms with E-state index in [1.165, 1.54) is 0 Å². The van der Waals surface area contributed by atoms with Gasteiger partial charge in [-0.1, -0.05) is 13.2 Å². The zero-order chi connectivity index (χ0) is 31.2. The fourth-order valence-corrected chi connectivity index (χ4v) is 3.01. The molecule has 15 nitrogen and oxygen atoms in total. The SMILES string of the molecule is C=CC(=O)OCCOC(=O)c1ccc(C(=O)c2ccc(C(=O)OCCOC(=O)C=C)c(OC(=O)O)c2)cc1OC(=O)O. The monoisotopic (exact) mass is 586 g/mol. The average Bonchev–Trinajstić information content (AvgIpc) is 2.95. The van der Waals surface area contributed by atoms with Crippen molar-refractivity contribution in [2.45, 2.75) is 0 Å². The molecule has 2 rings (SSSR count). The van der Waals surface area contributed by atoms with Crippen molar-refractivity contribution in [3.05, 3.63) is 84.0 Å². The van der Waals surface area contributed by atoms with Crippen LogP contribution in [0.25, 0.3) is 0 Å². The predicted molar refractivity (Wildman–Crippen MR) is 136 cm³/mol. The Bertz CT molecular complexity index is 1320. The van der Waals surface area contributed by atoms with Crippen molar-refractivity contribution in [1.82, 2.24) is 0 Å². The summed E-state index contributed by atoms with van der Waals surface area (Å²) in [4.78, 5) is 82.5. The maximum absolute atomic E-state index is 13.1. The Morgan fingerprint density at radius 2 is 0.952 bits per heavy atom. The molecule has 0 unspecified atom stereocenters. The predicted octanol–water partition coefficient (Wildman–Crippen LogP) is 2.80. The molecular formula is C27H22O15. The molecule has 0 atom stereocenters. The van der Waals surface area contributed by atoms with Crippen LogP contribution in [0.1, 0.15) is 36.6 Å². The number of ketones is 1. The Kier molecular flexibility index (Phi) is 11.9. The molecule has 0 aromatic heterocycles. The van der Waals surface area contributed by atoms with E-state index in [4.69, 9.17) is 19.7 Å². The Balaban J connectivity index is 2.28. The van der Waals surface area contributed by atoms with Gasteiger partial charge in [0, 0.05) is 23.3 Å². The molecule has 2 aromatic carbocycles. The summed E-state index contributed by atoms with van der Waals surface area (Å²) in [5.74, 6) is -5.57. The quantitative estimate of drug-likeness (QED) is 0.0812. The van der Waals surface area contributed by atoms with E-state index in [-0.39, 0.29) is 48.7 Å². The van der Waals surface area contributed by atoms with Gasteiger partial charge in [-0.3, -0.25) is 4.79 Å². The lowest BCUT2D eigenvalue weighted by Gasteiger charge is -2.12. The fourth-order valence-electron chi connectivity index (χ4n) is 3.01. The van der Waals surface area contributed by atoms with Gasteiger partial charge < -0.3 is 38.6 Å². The molecule has 0 aliphatic rings. The summed E-state index contributed by atoms with van der Waals surface area (Å²) in [5.41, 5.74) is -1.17. The van der Waals surface area contributed by atoms with Crippen LogP contribution in [0.4, 0.5) is 9.59 Å². The van der Waals surface area contributed by atoms with E-state index in [1.54, 1.807) is 0 Å². The van der Waals surface area contributed by atoms with Crippen LogP contribution in [0.15, 0.2) is 61.7 Å². The van der Waals surface area contributed by atoms with Crippen LogP contribution in [0, 0.1) is 0 Å². The molecule has 0 saturated heterocycles. The highest BCUT2D eigenvalue weighted by molar-refractivity contribution is 6.11. The number of carboxylic acid groups (broad SMARTS) is 2. The van der Waals surface area contributed by atoms with Crippen LogP contribution in [0.5, 0.6) is 11.5 Å². The van der Waals surface area contributed by atoms with Gasteiger partial charge in [0.25, 0.3) is 0 Å². The zero-order valence-electron chi connectivity index (χ0n) is 21.6. The Morgan fingerprint density at radius 1 is 0.595 bits per heavy atom. The first kappa shape index (κ1) is 32.2. The molecule has 15 heteroatoms. The summed E-state index contributed by atoms with van der Waals surface area (Å²) in [6.45, 7) is 5.02. The van der Waals surface area contributed by atoms with E-state index in [0.717, 1.165) is 48.6 Å². The first-order valence-corrected chi connectivity index (χ1v) is 11.5. The van der Waals surface area contributed by atoms with E-state index >= 15 is 0 Å². The van der Waals surface area contributed by atoms with E-state index in [9.17, 15) is 33.6 Å². The molecule has 0 amide bonds. The van der Waals surface area contributed by atoms with Crippen molar-refractivity contribution in [2.24, 2.45) is 0 Å². The van der Waals surface area contributed by atoms with Gasteiger partial charge in [-0.2, -0.15) is 0 Å². The van der Waals surface area contributed by atoms with Crippen LogP contribution in [0.2, 0.25) is 0 Å². The minimum Gasteiger partial charge on any atom is -0.459 e. The van der Waals surface area contributed by atoms with Crippen LogP contribution >= 0.6 is 0 Å². The van der Waals surface area contributed by atoms with Crippen LogP contribution < -0.4 is 9.47 Å². The normalized spacial score (nSPS) is 9.90. The third-order valence-corrected chi connectivity index (χ3v) is 4.78. The maximum atomic E-state index is 13.1. The summed E-state index contributed by atoms with van der Waals surface area (Å²) in [6.07, 6.45) is -1.82. The van der Waals surface area contributed by atoms with E-state index in [2.05, 4.69) is 32.1 Å². The molecule has 0 aliphatic carbocycles. The minimum atomic E-state index is -1.81. The highest BCUT2D eigenvalue weighted by Crippen LogP contribution is 2.27. The van der Waals surface area contributed by atoms with Gasteiger partial charge in [-0.25, -0.2) is 28.8 Å². The van der Waals surface area contributed by atoms with Crippen molar-refractivity contribution in [1.29, 1.82) is 0 Å². The number of ether oxygens (including phenoxy) is 6. The van der Waals surface area contributed by atoms with E-state index in [0.29, 0.717) is 0 Å². The van der Waals surface area contributed by atoms with Gasteiger partial charge in [-0.15, -0.1) is 0 Å². The first-order chi connectivity index (χ1) is 20.0. The van der Waals surface area contributed by atoms with Gasteiger partial charge in [0.05, 0.1) is 0 Å². The molecule has 0 heterocycles. The third kappa shape index (κ3) is 9.64. The second-order valence-corrected chi connectivity index (χ2v) is 7.50. The summed E-state index contributed by atoms with van der Waals surface area (Å²) in [5, 5.41) is 18.1. The van der Waals surface area contributed by atoms with Crippen LogP contribution in [-0.4, -0.2) is 78.6 Å². The highest BCUT2D eigenvalue weighted by Gasteiger charge is 2.23. The molecule has 2 N–H and O–H groups in total. The van der Waals surface area contributed by atoms with Crippen molar-refractivity contribution < 1.29 is 72.2 Å². The number of carbonyl (C=O) groups excluding carboxylic acids is 5. The van der Waals surface area contributed by atoms with Gasteiger partial charge >= 0.3 is 36.2 Å². The van der Waals surface area contributed by atoms with Crippen molar-refractivity contribution >= 4 is 42.0 Å². The van der Waals surface area contributed by atoms with Crippen molar-refractivity contribution in [2.75, 3.05) is 26.4 Å². The summed E-state index contributed by atoms with van der Waals surface area (Å²) >= 11 is 0. The summed E-state index contributed by atoms with van der Waals surface area (Å²) in [7, 11) is 0. The standard InChI is InChI=1S/C27H22O15/c1-3-21(28)37-9-11-39-24(31)17-7-5-15(13-19(17)41-26(33)34)23(30)16-6-8-18(20(14-16)42-27(35)36)25(32)40-12-10-38-22(29)4-2/h3-8,13-14H,1-2,9-12H2,(H,33,34)(H,35,36). The van der Waals surface area contributed by atoms with Crippen LogP contribution in [0.3, 0.4) is 0 Å². The molecule has 0 saturated carbocycles. The molecule has 0 spiro atoms. The second kappa shape index (κ2) is 15.6. The van der Waals surface area contributed by atoms with E-state index in [1.807, 2.05) is 0 Å². The highest BCUT2D eigenvalue weighted by atomic mass is 16.7. The molecule has 0 aliphatic heterocycles. The van der Waals surface area contributed by atoms with Crippen LogP contribution in [-0.2, 0) is 28.5 Å². The van der Waals surface area contributed by atoms with Gasteiger partial charge in [0.2, 0.25) is 0 Å². The minimum absolute atomic E-state index is 0.205. The Labute approximate surface area is 236 Å². The Morgan fingerprint density at radius 3 is 1.29 bits per heavy atom. The topological polar surface area (TPSA) is 215 Å². The van der Waals surface area contributed by atoms with Crippen molar-refractivity contribution in [3.8, 4) is 11.5 Å². The number of esters is 4. The van der Waals surface area contributed by atoms with E-state index < -0.39 is 53.5 Å². The molecule has 0 bridgehead atoms. The largest absolute Gasteiger partial charge is 0.511 e. The van der Waals surface area contributed by atoms with Gasteiger partial charge in [-0.05, 0) is 36.4 Å². The number of hydrogen-bond donors (Lipinski definition) is 2. The lowest BCUT2D eigenvalue weighted by Crippen LogP contribution is -2.16. The first-order valence-electron chi connectivity index (χ1n) is 11.5. The molecule has 0 fully saturated rings. The number of benzene rings is 2. The number of carbonyl (C=O) groups is 7. The summed E-state index contributed by atoms with van der Waals surface area (Å²) < 4.78 is 28.4. The Hall–Kier alpha value is -5.99. The number of rotatable bonds is 14. The van der Waals surface area contributed by atoms with Gasteiger partial charge in [0.1, 0.15) is 49.1 Å². The maximum Gasteiger partial charge on any atom is 0.511 e. The molecular weight excluding hydrogens is 564 g/mol. The lowest BCUT2D eigenvalue weighted by atomic mass is 9.99. The zero-order valence-corrected chi connectivity index (χ0v) is 21.6. The summed E-state index contributed by atoms with van der Waals surface area (Å²) in [6, 6.07) is 6.21. The fraction of sp³-hybridized carbons (Fsp3) is 0.148. The smallest absolute Gasteiger partial charge is 0.459 e.